The molecule has 1 aromatic rings. The van der Waals surface area contributed by atoms with Gasteiger partial charge in [-0.05, 0) is 38.3 Å². The molecular formula is C15H22N2O2. The Kier molecular flexibility index (Phi) is 4.40. The van der Waals surface area contributed by atoms with Crippen LogP contribution in [0.2, 0.25) is 0 Å². The Labute approximate surface area is 114 Å². The number of carboxylic acid groups (broad SMARTS) is 1. The van der Waals surface area contributed by atoms with Gasteiger partial charge in [0.1, 0.15) is 5.82 Å². The molecule has 1 N–H and O–H groups in total. The van der Waals surface area contributed by atoms with Gasteiger partial charge in [0.25, 0.3) is 0 Å². The molecule has 1 aliphatic rings. The topological polar surface area (TPSA) is 53.4 Å². The summed E-state index contributed by atoms with van der Waals surface area (Å²) in [5, 5.41) is 9.20. The molecule has 1 atom stereocenters. The van der Waals surface area contributed by atoms with Crippen LogP contribution in [0.15, 0.2) is 12.1 Å². The Balaban J connectivity index is 2.36. The average molecular weight is 262 g/mol. The van der Waals surface area contributed by atoms with Crippen molar-refractivity contribution in [2.75, 3.05) is 11.4 Å². The molecule has 0 spiro atoms. The Morgan fingerprint density at radius 1 is 1.42 bits per heavy atom. The highest BCUT2D eigenvalue weighted by atomic mass is 16.4. The maximum Gasteiger partial charge on any atom is 0.335 e. The molecule has 4 heteroatoms. The van der Waals surface area contributed by atoms with E-state index in [0.29, 0.717) is 11.6 Å². The molecule has 104 valence electrons. The van der Waals surface area contributed by atoms with Crippen molar-refractivity contribution in [2.45, 2.75) is 52.0 Å². The van der Waals surface area contributed by atoms with Crippen LogP contribution in [0.4, 0.5) is 5.82 Å². The summed E-state index contributed by atoms with van der Waals surface area (Å²) in [5.74, 6) is -0.0491. The Bertz CT molecular complexity index is 459. The molecule has 2 rings (SSSR count). The maximum absolute atomic E-state index is 11.2. The van der Waals surface area contributed by atoms with Crippen molar-refractivity contribution < 1.29 is 9.90 Å². The first-order chi connectivity index (χ1) is 9.11. The number of hydrogen-bond donors (Lipinski definition) is 1. The number of aryl methyl sites for hydroxylation is 1. The molecule has 0 bridgehead atoms. The van der Waals surface area contributed by atoms with E-state index in [1.54, 1.807) is 12.1 Å². The van der Waals surface area contributed by atoms with E-state index in [0.717, 1.165) is 37.3 Å². The Morgan fingerprint density at radius 2 is 2.21 bits per heavy atom. The Hall–Kier alpha value is -1.58. The van der Waals surface area contributed by atoms with E-state index >= 15 is 0 Å². The number of hydrogen-bond acceptors (Lipinski definition) is 3. The monoisotopic (exact) mass is 262 g/mol. The van der Waals surface area contributed by atoms with E-state index in [-0.39, 0.29) is 0 Å². The van der Waals surface area contributed by atoms with Crippen LogP contribution >= 0.6 is 0 Å². The number of nitrogens with zero attached hydrogens (tertiary/aromatic N) is 2. The fourth-order valence-electron chi connectivity index (χ4n) is 2.64. The van der Waals surface area contributed by atoms with Crippen LogP contribution in [0.5, 0.6) is 0 Å². The van der Waals surface area contributed by atoms with Crippen LogP contribution in [0, 0.1) is 0 Å². The lowest BCUT2D eigenvalue weighted by molar-refractivity contribution is 0.0696. The van der Waals surface area contributed by atoms with E-state index < -0.39 is 5.97 Å². The van der Waals surface area contributed by atoms with E-state index in [2.05, 4.69) is 16.8 Å². The second-order valence-corrected chi connectivity index (χ2v) is 5.26. The minimum Gasteiger partial charge on any atom is -0.478 e. The highest BCUT2D eigenvalue weighted by Gasteiger charge is 2.20. The van der Waals surface area contributed by atoms with Gasteiger partial charge < -0.3 is 10.0 Å². The first-order valence-electron chi connectivity index (χ1n) is 7.12. The van der Waals surface area contributed by atoms with Crippen LogP contribution in [0.1, 0.15) is 55.6 Å². The lowest BCUT2D eigenvalue weighted by Crippen LogP contribution is -2.33. The number of aromatic nitrogens is 1. The third-order valence-corrected chi connectivity index (χ3v) is 3.82. The first kappa shape index (κ1) is 13.8. The first-order valence-corrected chi connectivity index (χ1v) is 7.12. The van der Waals surface area contributed by atoms with Crippen molar-refractivity contribution in [3.8, 4) is 0 Å². The quantitative estimate of drug-likeness (QED) is 0.909. The molecule has 0 aromatic carbocycles. The van der Waals surface area contributed by atoms with Crippen LogP contribution in [-0.4, -0.2) is 28.6 Å². The molecule has 19 heavy (non-hydrogen) atoms. The number of aromatic carboxylic acids is 1. The van der Waals surface area contributed by atoms with Gasteiger partial charge in [0, 0.05) is 18.3 Å². The number of carboxylic acids is 1. The van der Waals surface area contributed by atoms with Gasteiger partial charge in [-0.2, -0.15) is 0 Å². The molecule has 0 aliphatic carbocycles. The summed E-state index contributed by atoms with van der Waals surface area (Å²) in [7, 11) is 0. The van der Waals surface area contributed by atoms with Crippen molar-refractivity contribution in [1.29, 1.82) is 0 Å². The second-order valence-electron chi connectivity index (χ2n) is 5.26. The lowest BCUT2D eigenvalue weighted by Gasteiger charge is -2.28. The highest BCUT2D eigenvalue weighted by Crippen LogP contribution is 2.24. The van der Waals surface area contributed by atoms with E-state index in [1.807, 2.05) is 6.92 Å². The van der Waals surface area contributed by atoms with Gasteiger partial charge in [-0.25, -0.2) is 9.78 Å². The minimum atomic E-state index is -0.874. The molecule has 1 saturated heterocycles. The van der Waals surface area contributed by atoms with Crippen LogP contribution in [-0.2, 0) is 6.42 Å². The summed E-state index contributed by atoms with van der Waals surface area (Å²) in [6, 6.07) is 3.82. The molecule has 0 radical (unpaired) electrons. The summed E-state index contributed by atoms with van der Waals surface area (Å²) in [6.07, 6.45) is 5.57. The predicted octanol–water partition coefficient (Wildman–Crippen LogP) is 3.11. The number of anilines is 1. The molecule has 1 aliphatic heterocycles. The van der Waals surface area contributed by atoms with E-state index in [1.165, 1.54) is 12.8 Å². The maximum atomic E-state index is 11.2. The van der Waals surface area contributed by atoms with Gasteiger partial charge in [-0.3, -0.25) is 0 Å². The molecule has 1 unspecified atom stereocenters. The van der Waals surface area contributed by atoms with Gasteiger partial charge in [0.2, 0.25) is 0 Å². The standard InChI is InChI=1S/C15H22N2O2/c1-3-13-9-12(15(18)19)10-14(16-13)17-8-6-4-5-7-11(17)2/h9-11H,3-8H2,1-2H3,(H,18,19). The van der Waals surface area contributed by atoms with Crippen molar-refractivity contribution in [2.24, 2.45) is 0 Å². The van der Waals surface area contributed by atoms with Gasteiger partial charge in [-0.15, -0.1) is 0 Å². The number of rotatable bonds is 3. The molecule has 4 nitrogen and oxygen atoms in total. The van der Waals surface area contributed by atoms with Gasteiger partial charge >= 0.3 is 5.97 Å². The fourth-order valence-corrected chi connectivity index (χ4v) is 2.64. The SMILES string of the molecule is CCc1cc(C(=O)O)cc(N2CCCCCC2C)n1. The normalized spacial score (nSPS) is 20.1. The molecule has 1 aromatic heterocycles. The summed E-state index contributed by atoms with van der Waals surface area (Å²) >= 11 is 0. The molecule has 0 amide bonds. The van der Waals surface area contributed by atoms with Crippen LogP contribution < -0.4 is 4.90 Å². The van der Waals surface area contributed by atoms with Crippen molar-refractivity contribution >= 4 is 11.8 Å². The van der Waals surface area contributed by atoms with E-state index in [9.17, 15) is 9.90 Å². The fraction of sp³-hybridized carbons (Fsp3) is 0.600. The summed E-state index contributed by atoms with van der Waals surface area (Å²) in [5.41, 5.74) is 1.20. The van der Waals surface area contributed by atoms with Gasteiger partial charge in [0.15, 0.2) is 0 Å². The smallest absolute Gasteiger partial charge is 0.335 e. The summed E-state index contributed by atoms with van der Waals surface area (Å²) in [6.45, 7) is 5.18. The highest BCUT2D eigenvalue weighted by molar-refractivity contribution is 5.88. The third-order valence-electron chi connectivity index (χ3n) is 3.82. The number of carbonyl (C=O) groups is 1. The van der Waals surface area contributed by atoms with Crippen LogP contribution in [0.3, 0.4) is 0 Å². The van der Waals surface area contributed by atoms with Gasteiger partial charge in [-0.1, -0.05) is 19.8 Å². The molecule has 1 fully saturated rings. The third kappa shape index (κ3) is 3.25. The Morgan fingerprint density at radius 3 is 2.89 bits per heavy atom. The second kappa shape index (κ2) is 6.04. The predicted molar refractivity (Wildman–Crippen MR) is 75.9 cm³/mol. The van der Waals surface area contributed by atoms with Crippen molar-refractivity contribution in [3.63, 3.8) is 0 Å². The summed E-state index contributed by atoms with van der Waals surface area (Å²) in [4.78, 5) is 18.1. The molecule has 0 saturated carbocycles. The van der Waals surface area contributed by atoms with Crippen LogP contribution in [0.25, 0.3) is 0 Å². The van der Waals surface area contributed by atoms with Crippen molar-refractivity contribution in [3.05, 3.63) is 23.4 Å². The summed E-state index contributed by atoms with van der Waals surface area (Å²) < 4.78 is 0. The average Bonchev–Trinajstić information content (AvgIpc) is 2.62. The number of pyridine rings is 1. The minimum absolute atomic E-state index is 0.346. The lowest BCUT2D eigenvalue weighted by atomic mass is 10.1. The van der Waals surface area contributed by atoms with E-state index in [4.69, 9.17) is 0 Å². The van der Waals surface area contributed by atoms with Gasteiger partial charge in [0.05, 0.1) is 5.56 Å². The zero-order valence-corrected chi connectivity index (χ0v) is 11.7. The van der Waals surface area contributed by atoms with Crippen molar-refractivity contribution in [1.82, 2.24) is 4.98 Å². The largest absolute Gasteiger partial charge is 0.478 e. The molecular weight excluding hydrogens is 240 g/mol. The molecule has 2 heterocycles. The zero-order valence-electron chi connectivity index (χ0n) is 11.7. The zero-order chi connectivity index (χ0) is 13.8.